The van der Waals surface area contributed by atoms with Crippen molar-refractivity contribution in [2.45, 2.75) is 0 Å². The fourth-order valence-corrected chi connectivity index (χ4v) is 5.06. The van der Waals surface area contributed by atoms with Gasteiger partial charge < -0.3 is 4.57 Å². The topological polar surface area (TPSA) is 60.4 Å². The van der Waals surface area contributed by atoms with Gasteiger partial charge in [0.1, 0.15) is 12.6 Å². The lowest BCUT2D eigenvalue weighted by Gasteiger charge is -2.11. The highest BCUT2D eigenvalue weighted by molar-refractivity contribution is 7.95. The second kappa shape index (κ2) is 5.22. The fourth-order valence-electron chi connectivity index (χ4n) is 0.821. The molecule has 0 N–H and O–H groups in total. The Kier molecular flexibility index (Phi) is 4.94. The third kappa shape index (κ3) is 4.48. The maximum atomic E-state index is 11.8. The molecule has 14 heavy (non-hydrogen) atoms. The molecule has 0 saturated carbocycles. The minimum atomic E-state index is -3.78. The molecule has 0 rings (SSSR count). The van der Waals surface area contributed by atoms with Crippen LogP contribution in [0.4, 0.5) is 0 Å². The molecule has 0 unspecified atom stereocenters. The summed E-state index contributed by atoms with van der Waals surface area (Å²) >= 11 is 0. The smallest absolute Gasteiger partial charge is 0.274 e. The van der Waals surface area contributed by atoms with Gasteiger partial charge in [-0.15, -0.1) is 12.8 Å². The van der Waals surface area contributed by atoms with Gasteiger partial charge in [-0.25, -0.2) is 0 Å². The van der Waals surface area contributed by atoms with Gasteiger partial charge in [0.15, 0.2) is 0 Å². The van der Waals surface area contributed by atoms with Gasteiger partial charge >= 0.3 is 0 Å². The van der Waals surface area contributed by atoms with Crippen molar-refractivity contribution in [3.63, 3.8) is 0 Å². The normalized spacial score (nSPS) is 11.6. The van der Waals surface area contributed by atoms with Crippen molar-refractivity contribution in [1.82, 2.24) is 0 Å². The van der Waals surface area contributed by atoms with Gasteiger partial charge in [0.05, 0.1) is 19.4 Å². The van der Waals surface area contributed by atoms with Crippen LogP contribution in [0, 0.1) is 24.7 Å². The molecule has 6 heteroatoms. The Morgan fingerprint density at radius 3 is 2.00 bits per heavy atom. The molecule has 0 aromatic carbocycles. The third-order valence-electron chi connectivity index (χ3n) is 1.41. The van der Waals surface area contributed by atoms with Crippen molar-refractivity contribution in [2.75, 3.05) is 24.9 Å². The quantitative estimate of drug-likeness (QED) is 0.396. The van der Waals surface area contributed by atoms with Gasteiger partial charge in [-0.1, -0.05) is 11.8 Å². The molecule has 0 radical (unpaired) electrons. The highest BCUT2D eigenvalue weighted by Gasteiger charge is 2.27. The molecule has 0 spiro atoms. The summed E-state index contributed by atoms with van der Waals surface area (Å²) in [6.45, 7) is 0. The summed E-state index contributed by atoms with van der Waals surface area (Å²) in [4.78, 5) is 0. The Balaban J connectivity index is 4.83. The Morgan fingerprint density at radius 1 is 1.29 bits per heavy atom. The first-order chi connectivity index (χ1) is 6.39. The zero-order valence-electron chi connectivity index (χ0n) is 7.76. The monoisotopic (exact) mass is 234 g/mol. The summed E-state index contributed by atoms with van der Waals surface area (Å²) in [6, 6.07) is 0. The van der Waals surface area contributed by atoms with Crippen molar-refractivity contribution >= 4 is 17.3 Å². The van der Waals surface area contributed by atoms with Crippen LogP contribution in [-0.4, -0.2) is 33.3 Å². The van der Waals surface area contributed by atoms with Gasteiger partial charge in [-0.2, -0.15) is 8.42 Å². The van der Waals surface area contributed by atoms with E-state index in [0.717, 1.165) is 7.11 Å². The molecule has 0 aliphatic heterocycles. The molecule has 0 aromatic heterocycles. The molecular formula is C8H11O4PS. The van der Waals surface area contributed by atoms with E-state index in [9.17, 15) is 13.0 Å². The van der Waals surface area contributed by atoms with E-state index in [1.807, 2.05) is 0 Å². The molecule has 0 aliphatic carbocycles. The predicted molar refractivity (Wildman–Crippen MR) is 55.8 cm³/mol. The summed E-state index contributed by atoms with van der Waals surface area (Å²) in [6.07, 6.45) is 9.71. The summed E-state index contributed by atoms with van der Waals surface area (Å²) < 4.78 is 38.1. The van der Waals surface area contributed by atoms with Gasteiger partial charge in [0, 0.05) is 0 Å². The van der Waals surface area contributed by atoms with Crippen molar-refractivity contribution in [3.8, 4) is 24.7 Å². The Hall–Kier alpha value is -0.740. The first-order valence-corrected chi connectivity index (χ1v) is 7.45. The maximum Gasteiger partial charge on any atom is 0.274 e. The Bertz CT molecular complexity index is 390. The standard InChI is InChI=1S/C8H11O4PS/c1-4-6-13(9,7-5-2)8-14(10,11)12-3/h1-2H,6-8H2,3H3. The van der Waals surface area contributed by atoms with Crippen LogP contribution in [-0.2, 0) is 18.9 Å². The van der Waals surface area contributed by atoms with Crippen LogP contribution in [0.5, 0.6) is 0 Å². The Morgan fingerprint density at radius 2 is 1.71 bits per heavy atom. The average molecular weight is 234 g/mol. The molecular weight excluding hydrogens is 223 g/mol. The van der Waals surface area contributed by atoms with Crippen LogP contribution in [0.25, 0.3) is 0 Å². The zero-order chi connectivity index (χ0) is 11.2. The van der Waals surface area contributed by atoms with Gasteiger partial charge in [0.2, 0.25) is 0 Å². The first kappa shape index (κ1) is 13.3. The van der Waals surface area contributed by atoms with Crippen LogP contribution < -0.4 is 0 Å². The highest BCUT2D eigenvalue weighted by Crippen LogP contribution is 2.45. The van der Waals surface area contributed by atoms with Gasteiger partial charge in [-0.05, 0) is 0 Å². The van der Waals surface area contributed by atoms with E-state index in [4.69, 9.17) is 12.8 Å². The van der Waals surface area contributed by atoms with E-state index in [1.165, 1.54) is 0 Å². The SMILES string of the molecule is C#CCP(=O)(CC#C)CS(=O)(=O)OC. The fraction of sp³-hybridized carbons (Fsp3) is 0.500. The van der Waals surface area contributed by atoms with Gasteiger partial charge in [-0.3, -0.25) is 4.18 Å². The number of rotatable bonds is 5. The van der Waals surface area contributed by atoms with Gasteiger partial charge in [0.25, 0.3) is 10.1 Å². The van der Waals surface area contributed by atoms with Crippen molar-refractivity contribution in [1.29, 1.82) is 0 Å². The molecule has 0 atom stereocenters. The second-order valence-corrected chi connectivity index (χ2v) is 7.87. The van der Waals surface area contributed by atoms with Crippen molar-refractivity contribution < 1.29 is 17.2 Å². The van der Waals surface area contributed by atoms with Crippen LogP contribution in [0.15, 0.2) is 0 Å². The molecule has 78 valence electrons. The van der Waals surface area contributed by atoms with E-state index in [2.05, 4.69) is 16.0 Å². The summed E-state index contributed by atoms with van der Waals surface area (Å²) in [5, 5.41) is 0. The van der Waals surface area contributed by atoms with E-state index in [0.29, 0.717) is 0 Å². The minimum absolute atomic E-state index is 0.125. The molecule has 0 aliphatic rings. The maximum absolute atomic E-state index is 11.8. The van der Waals surface area contributed by atoms with Crippen molar-refractivity contribution in [2.24, 2.45) is 0 Å². The second-order valence-electron chi connectivity index (χ2n) is 2.64. The highest BCUT2D eigenvalue weighted by atomic mass is 32.2. The zero-order valence-corrected chi connectivity index (χ0v) is 9.48. The summed E-state index contributed by atoms with van der Waals surface area (Å²) in [7, 11) is -5.81. The van der Waals surface area contributed by atoms with Crippen molar-refractivity contribution in [3.05, 3.63) is 0 Å². The number of terminal acetylenes is 2. The third-order valence-corrected chi connectivity index (χ3v) is 6.58. The van der Waals surface area contributed by atoms with E-state index < -0.39 is 22.8 Å². The lowest BCUT2D eigenvalue weighted by molar-refractivity contribution is 0.401. The molecule has 0 bridgehead atoms. The summed E-state index contributed by atoms with van der Waals surface area (Å²) in [5.74, 6) is 4.32. The largest absolute Gasteiger partial charge is 0.320 e. The van der Waals surface area contributed by atoms with Crippen LogP contribution in [0.2, 0.25) is 0 Å². The minimum Gasteiger partial charge on any atom is -0.320 e. The first-order valence-electron chi connectivity index (χ1n) is 3.61. The van der Waals surface area contributed by atoms with Crippen LogP contribution in [0.1, 0.15) is 0 Å². The predicted octanol–water partition coefficient (Wildman–Crippen LogP) is 0.550. The molecule has 4 nitrogen and oxygen atoms in total. The summed E-state index contributed by atoms with van der Waals surface area (Å²) in [5.41, 5.74) is -0.592. The molecule has 0 fully saturated rings. The van der Waals surface area contributed by atoms with Crippen LogP contribution in [0.3, 0.4) is 0 Å². The number of hydrogen-bond acceptors (Lipinski definition) is 4. The number of hydrogen-bond donors (Lipinski definition) is 0. The van der Waals surface area contributed by atoms with E-state index in [-0.39, 0.29) is 12.3 Å². The Labute approximate surface area is 84.5 Å². The molecule has 0 aromatic rings. The van der Waals surface area contributed by atoms with Crippen LogP contribution >= 0.6 is 7.14 Å². The average Bonchev–Trinajstić information content (AvgIpc) is 2.03. The lowest BCUT2D eigenvalue weighted by Crippen LogP contribution is -2.11. The molecule has 0 saturated heterocycles. The lowest BCUT2D eigenvalue weighted by atomic mass is 10.8. The molecule has 0 amide bonds. The van der Waals surface area contributed by atoms with E-state index in [1.54, 1.807) is 0 Å². The molecule has 0 heterocycles. The van der Waals surface area contributed by atoms with E-state index >= 15 is 0 Å².